The SMILES string of the molecule is COCCN(CC1CCCN1)S(=O)(=O)c1ccc(Cl)cc1. The number of ether oxygens (including phenoxy) is 1. The molecule has 1 aliphatic rings. The lowest BCUT2D eigenvalue weighted by atomic mass is 10.2. The summed E-state index contributed by atoms with van der Waals surface area (Å²) in [5.41, 5.74) is 0. The molecule has 1 aromatic carbocycles. The first kappa shape index (κ1) is 16.7. The van der Waals surface area contributed by atoms with Crippen LogP contribution in [0.15, 0.2) is 29.2 Å². The smallest absolute Gasteiger partial charge is 0.243 e. The molecule has 1 fully saturated rings. The number of nitrogens with one attached hydrogen (secondary N) is 1. The topological polar surface area (TPSA) is 58.6 Å². The van der Waals surface area contributed by atoms with Crippen LogP contribution in [-0.4, -0.2) is 52.1 Å². The molecule has 0 aromatic heterocycles. The summed E-state index contributed by atoms with van der Waals surface area (Å²) in [4.78, 5) is 0.265. The van der Waals surface area contributed by atoms with Crippen LogP contribution in [-0.2, 0) is 14.8 Å². The minimum atomic E-state index is -3.52. The molecule has 0 spiro atoms. The van der Waals surface area contributed by atoms with Gasteiger partial charge in [-0.3, -0.25) is 0 Å². The van der Waals surface area contributed by atoms with Gasteiger partial charge >= 0.3 is 0 Å². The van der Waals surface area contributed by atoms with Gasteiger partial charge in [-0.15, -0.1) is 0 Å². The van der Waals surface area contributed by atoms with Crippen molar-refractivity contribution in [2.75, 3.05) is 33.4 Å². The normalized spacial score (nSPS) is 19.3. The van der Waals surface area contributed by atoms with Crippen LogP contribution in [0.2, 0.25) is 5.02 Å². The number of rotatable bonds is 7. The standard InChI is InChI=1S/C14H21ClN2O3S/c1-20-10-9-17(11-13-3-2-8-16-13)21(18,19)14-6-4-12(15)5-7-14/h4-7,13,16H,2-3,8-11H2,1H3. The van der Waals surface area contributed by atoms with E-state index in [1.54, 1.807) is 31.4 Å². The summed E-state index contributed by atoms with van der Waals surface area (Å²) in [7, 11) is -1.95. The van der Waals surface area contributed by atoms with E-state index in [0.29, 0.717) is 24.7 Å². The Labute approximate surface area is 131 Å². The first-order valence-corrected chi connectivity index (χ1v) is 8.84. The van der Waals surface area contributed by atoms with Crippen LogP contribution in [0.5, 0.6) is 0 Å². The highest BCUT2D eigenvalue weighted by Crippen LogP contribution is 2.20. The fraction of sp³-hybridized carbons (Fsp3) is 0.571. The third kappa shape index (κ3) is 4.40. The lowest BCUT2D eigenvalue weighted by molar-refractivity contribution is 0.176. The molecule has 2 rings (SSSR count). The van der Waals surface area contributed by atoms with E-state index in [1.165, 1.54) is 4.31 Å². The largest absolute Gasteiger partial charge is 0.383 e. The molecule has 0 radical (unpaired) electrons. The van der Waals surface area contributed by atoms with Crippen molar-refractivity contribution in [3.05, 3.63) is 29.3 Å². The Morgan fingerprint density at radius 1 is 1.38 bits per heavy atom. The Morgan fingerprint density at radius 3 is 2.67 bits per heavy atom. The molecule has 0 saturated carbocycles. The van der Waals surface area contributed by atoms with Gasteiger partial charge in [0.15, 0.2) is 0 Å². The molecule has 7 heteroatoms. The fourth-order valence-electron chi connectivity index (χ4n) is 2.42. The van der Waals surface area contributed by atoms with Crippen LogP contribution in [0.25, 0.3) is 0 Å². The van der Waals surface area contributed by atoms with Gasteiger partial charge < -0.3 is 10.1 Å². The molecule has 0 amide bonds. The summed E-state index contributed by atoms with van der Waals surface area (Å²) in [6.07, 6.45) is 2.09. The molecule has 0 bridgehead atoms. The lowest BCUT2D eigenvalue weighted by Crippen LogP contribution is -2.42. The highest BCUT2D eigenvalue weighted by molar-refractivity contribution is 7.89. The van der Waals surface area contributed by atoms with Gasteiger partial charge in [0.1, 0.15) is 0 Å². The zero-order chi connectivity index (χ0) is 15.3. The van der Waals surface area contributed by atoms with Crippen molar-refractivity contribution in [3.8, 4) is 0 Å². The molecule has 21 heavy (non-hydrogen) atoms. The minimum absolute atomic E-state index is 0.212. The van der Waals surface area contributed by atoms with Crippen LogP contribution in [0.1, 0.15) is 12.8 Å². The Bertz CT molecular complexity index is 542. The van der Waals surface area contributed by atoms with Gasteiger partial charge in [-0.05, 0) is 43.7 Å². The van der Waals surface area contributed by atoms with Crippen LogP contribution in [0.4, 0.5) is 0 Å². The van der Waals surface area contributed by atoms with Crippen molar-refractivity contribution in [1.82, 2.24) is 9.62 Å². The molecule has 1 N–H and O–H groups in total. The zero-order valence-corrected chi connectivity index (χ0v) is 13.7. The molecule has 1 heterocycles. The summed E-state index contributed by atoms with van der Waals surface area (Å²) in [5.74, 6) is 0. The van der Waals surface area contributed by atoms with E-state index in [-0.39, 0.29) is 10.9 Å². The second-order valence-corrected chi connectivity index (χ2v) is 7.48. The second kappa shape index (κ2) is 7.56. The first-order valence-electron chi connectivity index (χ1n) is 7.02. The predicted octanol–water partition coefficient (Wildman–Crippen LogP) is 1.73. The molecular formula is C14H21ClN2O3S. The second-order valence-electron chi connectivity index (χ2n) is 5.10. The molecule has 5 nitrogen and oxygen atoms in total. The molecule has 118 valence electrons. The average molecular weight is 333 g/mol. The number of hydrogen-bond donors (Lipinski definition) is 1. The molecule has 1 atom stereocenters. The Balaban J connectivity index is 2.18. The van der Waals surface area contributed by atoms with Gasteiger partial charge in [0.2, 0.25) is 10.0 Å². The monoisotopic (exact) mass is 332 g/mol. The number of sulfonamides is 1. The quantitative estimate of drug-likeness (QED) is 0.826. The van der Waals surface area contributed by atoms with E-state index < -0.39 is 10.0 Å². The molecule has 1 aromatic rings. The van der Waals surface area contributed by atoms with Crippen LogP contribution in [0, 0.1) is 0 Å². The summed E-state index contributed by atoms with van der Waals surface area (Å²) >= 11 is 5.82. The van der Waals surface area contributed by atoms with Gasteiger partial charge in [0.25, 0.3) is 0 Å². The van der Waals surface area contributed by atoms with Crippen molar-refractivity contribution in [1.29, 1.82) is 0 Å². The predicted molar refractivity (Wildman–Crippen MR) is 83.1 cm³/mol. The van der Waals surface area contributed by atoms with Crippen molar-refractivity contribution in [3.63, 3.8) is 0 Å². The highest BCUT2D eigenvalue weighted by atomic mass is 35.5. The maximum absolute atomic E-state index is 12.7. The van der Waals surface area contributed by atoms with E-state index in [2.05, 4.69) is 5.32 Å². The third-order valence-corrected chi connectivity index (χ3v) is 5.71. The molecular weight excluding hydrogens is 312 g/mol. The van der Waals surface area contributed by atoms with Gasteiger partial charge in [-0.2, -0.15) is 4.31 Å². The fourth-order valence-corrected chi connectivity index (χ4v) is 4.01. The molecule has 0 aliphatic carbocycles. The summed E-state index contributed by atoms with van der Waals surface area (Å²) in [6, 6.07) is 6.48. The van der Waals surface area contributed by atoms with E-state index in [1.807, 2.05) is 0 Å². The minimum Gasteiger partial charge on any atom is -0.383 e. The zero-order valence-electron chi connectivity index (χ0n) is 12.1. The van der Waals surface area contributed by atoms with Crippen LogP contribution >= 0.6 is 11.6 Å². The average Bonchev–Trinajstić information content (AvgIpc) is 2.96. The van der Waals surface area contributed by atoms with Gasteiger partial charge in [-0.1, -0.05) is 11.6 Å². The summed E-state index contributed by atoms with van der Waals surface area (Å²) in [5, 5.41) is 3.85. The third-order valence-electron chi connectivity index (χ3n) is 3.58. The van der Waals surface area contributed by atoms with Crippen molar-refractivity contribution in [2.45, 2.75) is 23.8 Å². The molecule has 1 aliphatic heterocycles. The molecule has 1 saturated heterocycles. The van der Waals surface area contributed by atoms with Gasteiger partial charge in [-0.25, -0.2) is 8.42 Å². The number of methoxy groups -OCH3 is 1. The van der Waals surface area contributed by atoms with E-state index in [9.17, 15) is 8.42 Å². The number of benzene rings is 1. The molecule has 1 unspecified atom stereocenters. The lowest BCUT2D eigenvalue weighted by Gasteiger charge is -2.25. The van der Waals surface area contributed by atoms with Crippen molar-refractivity contribution < 1.29 is 13.2 Å². The highest BCUT2D eigenvalue weighted by Gasteiger charge is 2.28. The van der Waals surface area contributed by atoms with E-state index in [0.717, 1.165) is 19.4 Å². The van der Waals surface area contributed by atoms with Crippen LogP contribution in [0.3, 0.4) is 0 Å². The number of hydrogen-bond acceptors (Lipinski definition) is 4. The maximum Gasteiger partial charge on any atom is 0.243 e. The maximum atomic E-state index is 12.7. The van der Waals surface area contributed by atoms with Gasteiger partial charge in [0, 0.05) is 31.3 Å². The van der Waals surface area contributed by atoms with Crippen molar-refractivity contribution in [2.24, 2.45) is 0 Å². The van der Waals surface area contributed by atoms with E-state index in [4.69, 9.17) is 16.3 Å². The Morgan fingerprint density at radius 2 is 2.10 bits per heavy atom. The number of halogens is 1. The van der Waals surface area contributed by atoms with Gasteiger partial charge in [0.05, 0.1) is 11.5 Å². The number of nitrogens with zero attached hydrogens (tertiary/aromatic N) is 1. The Hall–Kier alpha value is -0.660. The van der Waals surface area contributed by atoms with Crippen molar-refractivity contribution >= 4 is 21.6 Å². The Kier molecular flexibility index (Phi) is 6.01. The summed E-state index contributed by atoms with van der Waals surface area (Å²) in [6.45, 7) is 2.14. The first-order chi connectivity index (χ1) is 10.0. The van der Waals surface area contributed by atoms with E-state index >= 15 is 0 Å². The summed E-state index contributed by atoms with van der Waals surface area (Å²) < 4.78 is 32.0. The van der Waals surface area contributed by atoms with Crippen LogP contribution < -0.4 is 5.32 Å².